The van der Waals surface area contributed by atoms with Crippen molar-refractivity contribution in [1.29, 1.82) is 0 Å². The van der Waals surface area contributed by atoms with E-state index in [2.05, 4.69) is 53.7 Å². The first kappa shape index (κ1) is 18.6. The van der Waals surface area contributed by atoms with E-state index >= 15 is 0 Å². The van der Waals surface area contributed by atoms with Gasteiger partial charge in [-0.15, -0.1) is 0 Å². The maximum atomic E-state index is 12.4. The van der Waals surface area contributed by atoms with Gasteiger partial charge in [-0.3, -0.25) is 9.78 Å². The van der Waals surface area contributed by atoms with Crippen LogP contribution in [0, 0.1) is 11.8 Å². The molecule has 1 amide bonds. The van der Waals surface area contributed by atoms with Gasteiger partial charge in [0.15, 0.2) is 0 Å². The van der Waals surface area contributed by atoms with Crippen LogP contribution in [0.3, 0.4) is 0 Å². The van der Waals surface area contributed by atoms with Gasteiger partial charge in [-0.25, -0.2) is 0 Å². The number of carbonyl (C=O) groups is 1. The van der Waals surface area contributed by atoms with Crippen LogP contribution < -0.4 is 10.6 Å². The Morgan fingerprint density at radius 3 is 2.35 bits per heavy atom. The van der Waals surface area contributed by atoms with Crippen molar-refractivity contribution in [1.82, 2.24) is 15.6 Å². The molecule has 1 aliphatic heterocycles. The number of nitrogens with one attached hydrogen (secondary N) is 2. The molecule has 2 atom stereocenters. The summed E-state index contributed by atoms with van der Waals surface area (Å²) in [5.41, 5.74) is 3.44. The average molecular weight is 351 g/mol. The monoisotopic (exact) mass is 351 g/mol. The molecule has 1 aromatic heterocycles. The summed E-state index contributed by atoms with van der Waals surface area (Å²) in [5, 5.41) is 6.55. The molecule has 2 heterocycles. The highest BCUT2D eigenvalue weighted by molar-refractivity contribution is 5.76. The van der Waals surface area contributed by atoms with Gasteiger partial charge in [-0.2, -0.15) is 0 Å². The van der Waals surface area contributed by atoms with E-state index in [4.69, 9.17) is 0 Å². The zero-order chi connectivity index (χ0) is 18.4. The fraction of sp³-hybridized carbons (Fsp3) is 0.455. The second-order valence-corrected chi connectivity index (χ2v) is 7.42. The summed E-state index contributed by atoms with van der Waals surface area (Å²) >= 11 is 0. The lowest BCUT2D eigenvalue weighted by Gasteiger charge is -2.28. The Labute approximate surface area is 156 Å². The fourth-order valence-corrected chi connectivity index (χ4v) is 3.76. The lowest BCUT2D eigenvalue weighted by atomic mass is 9.84. The van der Waals surface area contributed by atoms with Gasteiger partial charge >= 0.3 is 0 Å². The van der Waals surface area contributed by atoms with E-state index in [1.807, 2.05) is 12.1 Å². The first-order chi connectivity index (χ1) is 12.6. The number of amides is 1. The van der Waals surface area contributed by atoms with Gasteiger partial charge in [0.25, 0.3) is 0 Å². The summed E-state index contributed by atoms with van der Waals surface area (Å²) in [7, 11) is 0. The number of benzene rings is 1. The van der Waals surface area contributed by atoms with Crippen LogP contribution in [0.15, 0.2) is 48.8 Å². The molecule has 1 aliphatic rings. The molecule has 0 bridgehead atoms. The largest absolute Gasteiger partial charge is 0.350 e. The SMILES string of the molecule is CC(NC(=O)CC(C)C1CCNCC1)c1ccc(-c2ccncc2)cc1. The summed E-state index contributed by atoms with van der Waals surface area (Å²) in [6, 6.07) is 12.4. The van der Waals surface area contributed by atoms with E-state index in [1.54, 1.807) is 12.4 Å². The smallest absolute Gasteiger partial charge is 0.220 e. The summed E-state index contributed by atoms with van der Waals surface area (Å²) in [6.45, 7) is 6.42. The van der Waals surface area contributed by atoms with Crippen LogP contribution in [-0.2, 0) is 4.79 Å². The van der Waals surface area contributed by atoms with Gasteiger partial charge in [0.1, 0.15) is 0 Å². The second kappa shape index (κ2) is 8.95. The second-order valence-electron chi connectivity index (χ2n) is 7.42. The molecule has 1 saturated heterocycles. The zero-order valence-electron chi connectivity index (χ0n) is 15.7. The van der Waals surface area contributed by atoms with E-state index in [-0.39, 0.29) is 11.9 Å². The van der Waals surface area contributed by atoms with Crippen molar-refractivity contribution in [3.05, 3.63) is 54.4 Å². The van der Waals surface area contributed by atoms with Crippen molar-refractivity contribution >= 4 is 5.91 Å². The van der Waals surface area contributed by atoms with E-state index in [0.717, 1.165) is 29.8 Å². The Balaban J connectivity index is 1.53. The number of hydrogen-bond acceptors (Lipinski definition) is 3. The van der Waals surface area contributed by atoms with Crippen LogP contribution >= 0.6 is 0 Å². The molecule has 4 heteroatoms. The Kier molecular flexibility index (Phi) is 6.40. The van der Waals surface area contributed by atoms with Gasteiger partial charge in [-0.1, -0.05) is 31.2 Å². The minimum Gasteiger partial charge on any atom is -0.350 e. The molecule has 3 rings (SSSR count). The number of nitrogens with zero attached hydrogens (tertiary/aromatic N) is 1. The summed E-state index contributed by atoms with van der Waals surface area (Å²) in [6.07, 6.45) is 6.58. The van der Waals surface area contributed by atoms with Crippen LogP contribution in [0.2, 0.25) is 0 Å². The quantitative estimate of drug-likeness (QED) is 0.828. The Bertz CT molecular complexity index is 693. The van der Waals surface area contributed by atoms with Gasteiger partial charge < -0.3 is 10.6 Å². The average Bonchev–Trinajstić information content (AvgIpc) is 2.69. The van der Waals surface area contributed by atoms with Gasteiger partial charge in [0, 0.05) is 18.8 Å². The molecule has 2 aromatic rings. The molecule has 26 heavy (non-hydrogen) atoms. The van der Waals surface area contributed by atoms with Crippen molar-refractivity contribution in [2.24, 2.45) is 11.8 Å². The number of hydrogen-bond donors (Lipinski definition) is 2. The maximum absolute atomic E-state index is 12.4. The molecule has 2 unspecified atom stereocenters. The third-order valence-electron chi connectivity index (χ3n) is 5.50. The zero-order valence-corrected chi connectivity index (χ0v) is 15.7. The number of carbonyl (C=O) groups excluding carboxylic acids is 1. The lowest BCUT2D eigenvalue weighted by Crippen LogP contribution is -2.34. The van der Waals surface area contributed by atoms with Crippen molar-refractivity contribution < 1.29 is 4.79 Å². The summed E-state index contributed by atoms with van der Waals surface area (Å²) in [4.78, 5) is 16.5. The van der Waals surface area contributed by atoms with E-state index in [0.29, 0.717) is 18.3 Å². The Morgan fingerprint density at radius 2 is 1.69 bits per heavy atom. The predicted molar refractivity (Wildman–Crippen MR) is 106 cm³/mol. The predicted octanol–water partition coefficient (Wildman–Crippen LogP) is 3.95. The molecule has 1 aromatic carbocycles. The van der Waals surface area contributed by atoms with Crippen LogP contribution in [0.25, 0.3) is 11.1 Å². The lowest BCUT2D eigenvalue weighted by molar-refractivity contribution is -0.123. The number of piperidine rings is 1. The Morgan fingerprint density at radius 1 is 1.08 bits per heavy atom. The van der Waals surface area contributed by atoms with Gasteiger partial charge in [-0.05, 0) is 73.5 Å². The van der Waals surface area contributed by atoms with Crippen LogP contribution in [0.5, 0.6) is 0 Å². The summed E-state index contributed by atoms with van der Waals surface area (Å²) in [5.74, 6) is 1.26. The van der Waals surface area contributed by atoms with Crippen molar-refractivity contribution in [3.8, 4) is 11.1 Å². The highest BCUT2D eigenvalue weighted by atomic mass is 16.1. The van der Waals surface area contributed by atoms with Crippen LogP contribution in [0.1, 0.15) is 44.7 Å². The number of aromatic nitrogens is 1. The highest BCUT2D eigenvalue weighted by Crippen LogP contribution is 2.25. The third kappa shape index (κ3) is 4.92. The Hall–Kier alpha value is -2.20. The molecular formula is C22H29N3O. The fourth-order valence-electron chi connectivity index (χ4n) is 3.76. The van der Waals surface area contributed by atoms with E-state index in [1.165, 1.54) is 12.8 Å². The molecular weight excluding hydrogens is 322 g/mol. The van der Waals surface area contributed by atoms with Gasteiger partial charge in [0.05, 0.1) is 6.04 Å². The third-order valence-corrected chi connectivity index (χ3v) is 5.50. The van der Waals surface area contributed by atoms with Crippen LogP contribution in [0.4, 0.5) is 0 Å². The van der Waals surface area contributed by atoms with Gasteiger partial charge in [0.2, 0.25) is 5.91 Å². The van der Waals surface area contributed by atoms with Crippen molar-refractivity contribution in [3.63, 3.8) is 0 Å². The molecule has 138 valence electrons. The van der Waals surface area contributed by atoms with Crippen molar-refractivity contribution in [2.75, 3.05) is 13.1 Å². The summed E-state index contributed by atoms with van der Waals surface area (Å²) < 4.78 is 0. The van der Waals surface area contributed by atoms with E-state index < -0.39 is 0 Å². The number of pyridine rings is 1. The minimum absolute atomic E-state index is 0.0224. The molecule has 0 saturated carbocycles. The normalized spacial score (nSPS) is 17.5. The van der Waals surface area contributed by atoms with Crippen LogP contribution in [-0.4, -0.2) is 24.0 Å². The molecule has 1 fully saturated rings. The maximum Gasteiger partial charge on any atom is 0.220 e. The minimum atomic E-state index is 0.0224. The molecule has 0 radical (unpaired) electrons. The highest BCUT2D eigenvalue weighted by Gasteiger charge is 2.22. The number of rotatable bonds is 6. The molecule has 0 spiro atoms. The molecule has 0 aliphatic carbocycles. The van der Waals surface area contributed by atoms with Crippen molar-refractivity contribution in [2.45, 2.75) is 39.2 Å². The topological polar surface area (TPSA) is 54.0 Å². The molecule has 2 N–H and O–H groups in total. The molecule has 4 nitrogen and oxygen atoms in total. The van der Waals surface area contributed by atoms with E-state index in [9.17, 15) is 4.79 Å². The first-order valence-electron chi connectivity index (χ1n) is 9.64. The standard InChI is InChI=1S/C22H29N3O/c1-16(18-7-11-23-12-8-18)15-22(26)25-17(2)19-3-5-20(6-4-19)21-9-13-24-14-10-21/h3-6,9-10,13-14,16-18,23H,7-8,11-12,15H2,1-2H3,(H,25,26). The first-order valence-corrected chi connectivity index (χ1v) is 9.64.